The maximum Gasteiger partial charge on any atom is 2.00 e. The van der Waals surface area contributed by atoms with Crippen molar-refractivity contribution in [3.05, 3.63) is 60.7 Å². The minimum absolute atomic E-state index is 0. The Balaban J connectivity index is 0. The summed E-state index contributed by atoms with van der Waals surface area (Å²) in [6.07, 6.45) is 0. The van der Waals surface area contributed by atoms with Gasteiger partial charge in [-0.05, 0) is 0 Å². The summed E-state index contributed by atoms with van der Waals surface area (Å²) in [6, 6.07) is 20.0. The van der Waals surface area contributed by atoms with Gasteiger partial charge in [-0.3, -0.25) is 0 Å². The van der Waals surface area contributed by atoms with Crippen molar-refractivity contribution in [2.75, 3.05) is 0 Å². The van der Waals surface area contributed by atoms with Crippen molar-refractivity contribution in [2.45, 2.75) is 13.1 Å². The van der Waals surface area contributed by atoms with E-state index in [1.54, 1.807) is 0 Å². The van der Waals surface area contributed by atoms with Gasteiger partial charge in [0.1, 0.15) is 0 Å². The Kier molecular flexibility index (Phi) is 17.7. The molecule has 2 aromatic rings. The van der Waals surface area contributed by atoms with Gasteiger partial charge in [0.25, 0.3) is 0 Å². The third-order valence-corrected chi connectivity index (χ3v) is 1.11. The van der Waals surface area contributed by atoms with Crippen LogP contribution in [0.3, 0.4) is 0 Å². The van der Waals surface area contributed by atoms with E-state index in [9.17, 15) is 0 Å². The summed E-state index contributed by atoms with van der Waals surface area (Å²) in [5, 5.41) is 0. The van der Waals surface area contributed by atoms with E-state index in [2.05, 4.69) is 13.1 Å². The molecule has 2 rings (SSSR count). The summed E-state index contributed by atoms with van der Waals surface area (Å²) < 4.78 is 0. The average molecular weight is 281 g/mol. The molecule has 1 radical (unpaired) electrons. The predicted octanol–water partition coefficient (Wildman–Crippen LogP) is 3.33. The van der Waals surface area contributed by atoms with Gasteiger partial charge in [0.2, 0.25) is 0 Å². The maximum atomic E-state index is 2.21. The molecule has 0 nitrogen and oxygen atoms in total. The van der Waals surface area contributed by atoms with Crippen LogP contribution < -0.4 is 0 Å². The fraction of sp³-hybridized carbons (Fsp3) is 0.167. The van der Waals surface area contributed by atoms with E-state index in [0.29, 0.717) is 0 Å². The van der Waals surface area contributed by atoms with E-state index in [4.69, 9.17) is 0 Å². The van der Waals surface area contributed by atoms with Crippen molar-refractivity contribution >= 4 is 9.52 Å². The third-order valence-electron chi connectivity index (χ3n) is 1.11. The van der Waals surface area contributed by atoms with Crippen LogP contribution in [0.4, 0.5) is 0 Å². The predicted molar refractivity (Wildman–Crippen MR) is 62.9 cm³/mol. The molecular formula is C12H17SiZr. The van der Waals surface area contributed by atoms with Crippen LogP contribution in [0.5, 0.6) is 0 Å². The molecule has 0 aliphatic carbocycles. The van der Waals surface area contributed by atoms with Crippen molar-refractivity contribution in [2.24, 2.45) is 0 Å². The van der Waals surface area contributed by atoms with E-state index in [1.807, 2.05) is 60.7 Å². The van der Waals surface area contributed by atoms with E-state index in [1.165, 1.54) is 0 Å². The van der Waals surface area contributed by atoms with Crippen molar-refractivity contribution < 1.29 is 26.2 Å². The van der Waals surface area contributed by atoms with Gasteiger partial charge in [-0.25, -0.2) is 24.3 Å². The third kappa shape index (κ3) is 14.3. The van der Waals surface area contributed by atoms with Crippen LogP contribution in [-0.2, 0) is 26.2 Å². The first kappa shape index (κ1) is 16.2. The van der Waals surface area contributed by atoms with Crippen molar-refractivity contribution in [1.29, 1.82) is 0 Å². The molecule has 0 bridgehead atoms. The molecule has 0 aliphatic heterocycles. The molecule has 0 atom stereocenters. The van der Waals surface area contributed by atoms with E-state index < -0.39 is 0 Å². The molecule has 14 heavy (non-hydrogen) atoms. The summed E-state index contributed by atoms with van der Waals surface area (Å²) in [5.74, 6) is 0. The zero-order valence-corrected chi connectivity index (χ0v) is 12.5. The number of hydrogen-bond donors (Lipinski definition) is 0. The molecule has 0 saturated carbocycles. The largest absolute Gasteiger partial charge is 2.00 e. The normalized spacial score (nSPS) is 7.00. The first-order valence-electron chi connectivity index (χ1n) is 4.49. The zero-order valence-electron chi connectivity index (χ0n) is 8.85. The van der Waals surface area contributed by atoms with Crippen LogP contribution in [-0.4, -0.2) is 9.52 Å². The van der Waals surface area contributed by atoms with Gasteiger partial charge in [0, 0.05) is 9.52 Å². The Bertz CT molecular complexity index is 162. The second-order valence-corrected chi connectivity index (χ2v) is 3.66. The minimum Gasteiger partial charge on any atom is -0.214 e. The summed E-state index contributed by atoms with van der Waals surface area (Å²) in [6.45, 7) is 4.42. The van der Waals surface area contributed by atoms with Gasteiger partial charge >= 0.3 is 26.2 Å². The molecule has 0 spiro atoms. The molecule has 0 saturated heterocycles. The van der Waals surface area contributed by atoms with Gasteiger partial charge in [-0.2, -0.15) is 36.4 Å². The monoisotopic (exact) mass is 279 g/mol. The molecular weight excluding hydrogens is 263 g/mol. The van der Waals surface area contributed by atoms with Crippen LogP contribution in [0.25, 0.3) is 0 Å². The van der Waals surface area contributed by atoms with Crippen LogP contribution in [0.15, 0.2) is 60.7 Å². The molecule has 0 fully saturated rings. The Labute approximate surface area is 109 Å². The van der Waals surface area contributed by atoms with Gasteiger partial charge in [-0.1, -0.05) is 13.1 Å². The number of hydrogen-bond acceptors (Lipinski definition) is 0. The molecule has 0 N–H and O–H groups in total. The Morgan fingerprint density at radius 3 is 1.00 bits per heavy atom. The van der Waals surface area contributed by atoms with Crippen molar-refractivity contribution in [1.82, 2.24) is 0 Å². The van der Waals surface area contributed by atoms with Crippen LogP contribution in [0.2, 0.25) is 13.1 Å². The minimum atomic E-state index is 0. The standard InChI is InChI=1S/2C5H5.C2H7Si.Zr/c2*1-2-4-5-3-1;1-3-2;/h2*1-5H;3H,1-2H3;/q2*-1;;+2. The van der Waals surface area contributed by atoms with Crippen LogP contribution >= 0.6 is 0 Å². The van der Waals surface area contributed by atoms with E-state index >= 15 is 0 Å². The topological polar surface area (TPSA) is 0 Å². The van der Waals surface area contributed by atoms with Crippen molar-refractivity contribution in [3.8, 4) is 0 Å². The number of rotatable bonds is 0. The Morgan fingerprint density at radius 1 is 0.714 bits per heavy atom. The van der Waals surface area contributed by atoms with Crippen LogP contribution in [0, 0.1) is 0 Å². The summed E-state index contributed by atoms with van der Waals surface area (Å²) >= 11 is 0. The quantitative estimate of drug-likeness (QED) is 0.513. The zero-order chi connectivity index (χ0) is 9.78. The Morgan fingerprint density at radius 2 is 0.929 bits per heavy atom. The molecule has 0 aliphatic rings. The van der Waals surface area contributed by atoms with Gasteiger partial charge in [0.15, 0.2) is 0 Å². The molecule has 0 amide bonds. The maximum absolute atomic E-state index is 2.21. The SMILES string of the molecule is C[SiH]C.[Zr+2].c1cc[cH-]c1.c1cc[cH-]c1. The molecule has 73 valence electrons. The second-order valence-electron chi connectivity index (χ2n) is 2.50. The molecule has 0 unspecified atom stereocenters. The van der Waals surface area contributed by atoms with Gasteiger partial charge < -0.3 is 0 Å². The Hall–Kier alpha value is -0.200. The smallest absolute Gasteiger partial charge is 0.214 e. The molecule has 2 aromatic carbocycles. The summed E-state index contributed by atoms with van der Waals surface area (Å²) in [7, 11) is 0.750. The molecule has 0 aromatic heterocycles. The van der Waals surface area contributed by atoms with Crippen LogP contribution in [0.1, 0.15) is 0 Å². The van der Waals surface area contributed by atoms with E-state index in [-0.39, 0.29) is 26.2 Å². The summed E-state index contributed by atoms with van der Waals surface area (Å²) in [4.78, 5) is 0. The van der Waals surface area contributed by atoms with Gasteiger partial charge in [0.05, 0.1) is 0 Å². The fourth-order valence-corrected chi connectivity index (χ4v) is 0.642. The summed E-state index contributed by atoms with van der Waals surface area (Å²) in [5.41, 5.74) is 0. The van der Waals surface area contributed by atoms with Gasteiger partial charge in [-0.15, -0.1) is 0 Å². The van der Waals surface area contributed by atoms with Crippen molar-refractivity contribution in [3.63, 3.8) is 0 Å². The second kappa shape index (κ2) is 15.3. The first-order chi connectivity index (χ1) is 6.41. The molecule has 2 heteroatoms. The van der Waals surface area contributed by atoms with E-state index in [0.717, 1.165) is 9.52 Å². The fourth-order valence-electron chi connectivity index (χ4n) is 0.642. The average Bonchev–Trinajstić information content (AvgIpc) is 2.85. The molecule has 0 heterocycles. The first-order valence-corrected chi connectivity index (χ1v) is 6.80.